The molecule has 7 heteroatoms. The van der Waals surface area contributed by atoms with E-state index in [-0.39, 0.29) is 23.8 Å². The summed E-state index contributed by atoms with van der Waals surface area (Å²) in [5.74, 6) is -0.0137. The third-order valence-electron chi connectivity index (χ3n) is 4.88. The van der Waals surface area contributed by atoms with Crippen molar-refractivity contribution in [1.29, 1.82) is 0 Å². The van der Waals surface area contributed by atoms with Crippen molar-refractivity contribution < 1.29 is 13.2 Å². The molecule has 1 saturated heterocycles. The lowest BCUT2D eigenvalue weighted by atomic mass is 10.2. The molecule has 154 valence electrons. The zero-order valence-electron chi connectivity index (χ0n) is 16.4. The lowest BCUT2D eigenvalue weighted by molar-refractivity contribution is -0.132. The summed E-state index contributed by atoms with van der Waals surface area (Å²) in [5, 5.41) is 0. The highest BCUT2D eigenvalue weighted by atomic mass is 32.2. The van der Waals surface area contributed by atoms with E-state index in [9.17, 15) is 13.2 Å². The molecule has 1 aliphatic heterocycles. The van der Waals surface area contributed by atoms with Crippen LogP contribution >= 0.6 is 0 Å². The summed E-state index contributed by atoms with van der Waals surface area (Å²) in [6.45, 7) is 3.94. The van der Waals surface area contributed by atoms with Gasteiger partial charge in [0.05, 0.1) is 4.90 Å². The molecule has 29 heavy (non-hydrogen) atoms. The second-order valence-corrected chi connectivity index (χ2v) is 8.72. The van der Waals surface area contributed by atoms with Crippen LogP contribution in [0.1, 0.15) is 12.0 Å². The van der Waals surface area contributed by atoms with Crippen LogP contribution in [0.5, 0.6) is 0 Å². The summed E-state index contributed by atoms with van der Waals surface area (Å²) < 4.78 is 26.9. The first-order valence-electron chi connectivity index (χ1n) is 9.81. The molecule has 1 N–H and O–H groups in total. The van der Waals surface area contributed by atoms with Crippen LogP contribution in [0, 0.1) is 0 Å². The molecule has 0 saturated carbocycles. The summed E-state index contributed by atoms with van der Waals surface area (Å²) in [6, 6.07) is 18.4. The summed E-state index contributed by atoms with van der Waals surface area (Å²) in [4.78, 5) is 16.7. The molecule has 1 fully saturated rings. The Hall–Kier alpha value is -2.48. The maximum Gasteiger partial charge on any atom is 0.240 e. The number of carbonyl (C=O) groups excluding carboxylic acids is 1. The Labute approximate surface area is 172 Å². The average Bonchev–Trinajstić information content (AvgIpc) is 2.75. The number of amides is 1. The first-order valence-corrected chi connectivity index (χ1v) is 11.3. The standard InChI is InChI=1S/C22H27N3O3S/c26-22(13-14-23-29(27,28)21-11-5-2-6-12-21)25-18-16-24(17-19-25)15-7-10-20-8-3-1-4-9-20/h1-12,23H,13-19H2/b10-7+. The molecule has 0 radical (unpaired) electrons. The van der Waals surface area contributed by atoms with Crippen molar-refractivity contribution in [2.24, 2.45) is 0 Å². The van der Waals surface area contributed by atoms with Crippen LogP contribution in [0.15, 0.2) is 71.6 Å². The first-order chi connectivity index (χ1) is 14.0. The molecule has 0 aromatic heterocycles. The van der Waals surface area contributed by atoms with Gasteiger partial charge in [0.25, 0.3) is 0 Å². The molecule has 1 amide bonds. The minimum Gasteiger partial charge on any atom is -0.340 e. The molecule has 0 aliphatic carbocycles. The van der Waals surface area contributed by atoms with E-state index >= 15 is 0 Å². The largest absolute Gasteiger partial charge is 0.340 e. The maximum absolute atomic E-state index is 12.4. The molecule has 0 bridgehead atoms. The van der Waals surface area contributed by atoms with Crippen molar-refractivity contribution in [1.82, 2.24) is 14.5 Å². The van der Waals surface area contributed by atoms with Gasteiger partial charge in [-0.25, -0.2) is 13.1 Å². The van der Waals surface area contributed by atoms with Crippen LogP contribution in [-0.4, -0.2) is 63.4 Å². The van der Waals surface area contributed by atoms with E-state index in [4.69, 9.17) is 0 Å². The van der Waals surface area contributed by atoms with E-state index < -0.39 is 10.0 Å². The minimum absolute atomic E-state index is 0.0137. The second-order valence-electron chi connectivity index (χ2n) is 6.96. The van der Waals surface area contributed by atoms with Gasteiger partial charge in [0.1, 0.15) is 0 Å². The Morgan fingerprint density at radius 1 is 0.931 bits per heavy atom. The Bertz CT molecular complexity index is 907. The van der Waals surface area contributed by atoms with Gasteiger partial charge in [0.2, 0.25) is 15.9 Å². The third kappa shape index (κ3) is 6.52. The lowest BCUT2D eigenvalue weighted by Crippen LogP contribution is -2.49. The summed E-state index contributed by atoms with van der Waals surface area (Å²) in [7, 11) is -3.57. The van der Waals surface area contributed by atoms with Gasteiger partial charge < -0.3 is 4.90 Å². The van der Waals surface area contributed by atoms with Crippen molar-refractivity contribution >= 4 is 22.0 Å². The van der Waals surface area contributed by atoms with E-state index in [2.05, 4.69) is 33.9 Å². The Morgan fingerprint density at radius 2 is 1.55 bits per heavy atom. The molecule has 1 aliphatic rings. The number of sulfonamides is 1. The predicted molar refractivity (Wildman–Crippen MR) is 115 cm³/mol. The van der Waals surface area contributed by atoms with Gasteiger partial charge in [-0.2, -0.15) is 0 Å². The SMILES string of the molecule is O=C(CCNS(=O)(=O)c1ccccc1)N1CCN(C/C=C/c2ccccc2)CC1. The number of benzene rings is 2. The van der Waals surface area contributed by atoms with E-state index in [1.165, 1.54) is 17.7 Å². The number of piperazine rings is 1. The van der Waals surface area contributed by atoms with E-state index in [1.807, 2.05) is 23.1 Å². The minimum atomic E-state index is -3.57. The van der Waals surface area contributed by atoms with Crippen molar-refractivity contribution in [3.63, 3.8) is 0 Å². The van der Waals surface area contributed by atoms with Crippen LogP contribution in [0.3, 0.4) is 0 Å². The molecule has 3 rings (SSSR count). The van der Waals surface area contributed by atoms with Gasteiger partial charge in [-0.05, 0) is 17.7 Å². The Balaban J connectivity index is 1.37. The third-order valence-corrected chi connectivity index (χ3v) is 6.36. The molecule has 6 nitrogen and oxygen atoms in total. The zero-order chi connectivity index (χ0) is 20.5. The Kier molecular flexibility index (Phi) is 7.57. The molecule has 0 spiro atoms. The van der Waals surface area contributed by atoms with Crippen LogP contribution in [0.4, 0.5) is 0 Å². The van der Waals surface area contributed by atoms with Crippen molar-refractivity contribution in [3.8, 4) is 0 Å². The summed E-state index contributed by atoms with van der Waals surface area (Å²) in [5.41, 5.74) is 1.18. The van der Waals surface area contributed by atoms with Gasteiger partial charge in [-0.15, -0.1) is 0 Å². The summed E-state index contributed by atoms with van der Waals surface area (Å²) >= 11 is 0. The average molecular weight is 414 g/mol. The second kappa shape index (κ2) is 10.3. The zero-order valence-corrected chi connectivity index (χ0v) is 17.2. The van der Waals surface area contributed by atoms with Crippen LogP contribution in [-0.2, 0) is 14.8 Å². The highest BCUT2D eigenvalue weighted by molar-refractivity contribution is 7.89. The Morgan fingerprint density at radius 3 is 2.21 bits per heavy atom. The predicted octanol–water partition coefficient (Wildman–Crippen LogP) is 2.21. The number of rotatable bonds is 8. The fourth-order valence-electron chi connectivity index (χ4n) is 3.22. The first kappa shape index (κ1) is 21.2. The number of hydrogen-bond donors (Lipinski definition) is 1. The van der Waals surface area contributed by atoms with E-state index in [0.717, 1.165) is 19.6 Å². The topological polar surface area (TPSA) is 69.7 Å². The number of nitrogens with zero attached hydrogens (tertiary/aromatic N) is 2. The fraction of sp³-hybridized carbons (Fsp3) is 0.318. The van der Waals surface area contributed by atoms with Gasteiger partial charge >= 0.3 is 0 Å². The number of nitrogens with one attached hydrogen (secondary N) is 1. The maximum atomic E-state index is 12.4. The molecule has 0 unspecified atom stereocenters. The fourth-order valence-corrected chi connectivity index (χ4v) is 4.27. The summed E-state index contributed by atoms with van der Waals surface area (Å²) in [6.07, 6.45) is 4.42. The van der Waals surface area contributed by atoms with Gasteiger partial charge in [0, 0.05) is 45.7 Å². The highest BCUT2D eigenvalue weighted by Gasteiger charge is 2.21. The van der Waals surface area contributed by atoms with Crippen LogP contribution in [0.25, 0.3) is 6.08 Å². The van der Waals surface area contributed by atoms with Crippen molar-refractivity contribution in [2.45, 2.75) is 11.3 Å². The lowest BCUT2D eigenvalue weighted by Gasteiger charge is -2.34. The quantitative estimate of drug-likeness (QED) is 0.720. The van der Waals surface area contributed by atoms with Gasteiger partial charge in [-0.3, -0.25) is 9.69 Å². The van der Waals surface area contributed by atoms with Crippen LogP contribution < -0.4 is 4.72 Å². The normalized spacial score (nSPS) is 15.7. The molecule has 0 atom stereocenters. The van der Waals surface area contributed by atoms with E-state index in [0.29, 0.717) is 13.1 Å². The number of carbonyl (C=O) groups is 1. The van der Waals surface area contributed by atoms with Crippen molar-refractivity contribution in [2.75, 3.05) is 39.3 Å². The highest BCUT2D eigenvalue weighted by Crippen LogP contribution is 2.08. The molecular weight excluding hydrogens is 386 g/mol. The molecular formula is C22H27N3O3S. The molecule has 2 aromatic carbocycles. The monoisotopic (exact) mass is 413 g/mol. The van der Waals surface area contributed by atoms with Crippen LogP contribution in [0.2, 0.25) is 0 Å². The molecule has 1 heterocycles. The van der Waals surface area contributed by atoms with Crippen molar-refractivity contribution in [3.05, 3.63) is 72.3 Å². The van der Waals surface area contributed by atoms with Gasteiger partial charge in [-0.1, -0.05) is 60.7 Å². The van der Waals surface area contributed by atoms with Gasteiger partial charge in [0.15, 0.2) is 0 Å². The number of hydrogen-bond acceptors (Lipinski definition) is 4. The molecule has 2 aromatic rings. The van der Waals surface area contributed by atoms with E-state index in [1.54, 1.807) is 18.2 Å². The smallest absolute Gasteiger partial charge is 0.240 e.